The molecule has 0 saturated heterocycles. The summed E-state index contributed by atoms with van der Waals surface area (Å²) in [6.07, 6.45) is 1.74. The molecule has 11 heteroatoms. The molecular formula is C36H27BrFIN2O5S. The number of rotatable bonds is 9. The van der Waals surface area contributed by atoms with Crippen LogP contribution in [0.1, 0.15) is 35.2 Å². The molecule has 7 nitrogen and oxygen atoms in total. The van der Waals surface area contributed by atoms with E-state index >= 15 is 0 Å². The lowest BCUT2D eigenvalue weighted by atomic mass is 9.93. The van der Waals surface area contributed by atoms with Crippen LogP contribution in [0.4, 0.5) is 4.39 Å². The normalized spacial score (nSPS) is 14.4. The van der Waals surface area contributed by atoms with Gasteiger partial charge in [0.05, 0.1) is 39.1 Å². The maximum atomic E-state index is 14.4. The maximum Gasteiger partial charge on any atom is 0.338 e. The van der Waals surface area contributed by atoms with Crippen LogP contribution >= 0.6 is 49.9 Å². The summed E-state index contributed by atoms with van der Waals surface area (Å²) in [7, 11) is 1.58. The van der Waals surface area contributed by atoms with Crippen LogP contribution in [0.2, 0.25) is 0 Å². The Labute approximate surface area is 295 Å². The Kier molecular flexibility index (Phi) is 10.0. The van der Waals surface area contributed by atoms with Gasteiger partial charge in [0.1, 0.15) is 23.9 Å². The van der Waals surface area contributed by atoms with Gasteiger partial charge in [-0.2, -0.15) is 0 Å². The molecule has 0 saturated carbocycles. The molecule has 1 atom stereocenters. The number of fused-ring (bicyclic) bond motifs is 1. The van der Waals surface area contributed by atoms with Crippen LogP contribution in [0.5, 0.6) is 11.5 Å². The van der Waals surface area contributed by atoms with Crippen LogP contribution in [0.15, 0.2) is 111 Å². The number of nitrogens with zero attached hydrogens (tertiary/aromatic N) is 2. The lowest BCUT2D eigenvalue weighted by Gasteiger charge is -2.26. The van der Waals surface area contributed by atoms with Crippen LogP contribution < -0.4 is 24.4 Å². The van der Waals surface area contributed by atoms with Gasteiger partial charge in [0.2, 0.25) is 0 Å². The summed E-state index contributed by atoms with van der Waals surface area (Å²) in [5.41, 5.74) is 2.80. The third-order valence-electron chi connectivity index (χ3n) is 7.46. The van der Waals surface area contributed by atoms with E-state index in [1.165, 1.54) is 17.4 Å². The highest BCUT2D eigenvalue weighted by atomic mass is 127. The number of hydrogen-bond donors (Lipinski definition) is 0. The molecule has 0 unspecified atom stereocenters. The van der Waals surface area contributed by atoms with E-state index in [0.717, 1.165) is 13.6 Å². The first kappa shape index (κ1) is 32.9. The Morgan fingerprint density at radius 1 is 1.06 bits per heavy atom. The minimum absolute atomic E-state index is 0.00715. The number of carbonyl (C=O) groups is 1. The SMILES string of the molecule is CCOC(=O)C1=C(c2ccccc2)N=c2s/c(=C\c3cc(Br)cc(I)c3OCc3ccccc3F)c(=O)n2[C@@H]1c1ccc(OC)cc1. The Morgan fingerprint density at radius 2 is 1.79 bits per heavy atom. The largest absolute Gasteiger partial charge is 0.497 e. The molecule has 1 aliphatic heterocycles. The number of benzene rings is 4. The van der Waals surface area contributed by atoms with Crippen molar-refractivity contribution in [2.24, 2.45) is 4.99 Å². The molecule has 6 rings (SSSR count). The van der Waals surface area contributed by atoms with E-state index in [0.29, 0.717) is 43.2 Å². The van der Waals surface area contributed by atoms with Crippen LogP contribution in [-0.4, -0.2) is 24.3 Å². The first-order chi connectivity index (χ1) is 22.8. The van der Waals surface area contributed by atoms with Crippen LogP contribution in [-0.2, 0) is 16.1 Å². The summed E-state index contributed by atoms with van der Waals surface area (Å²) in [6, 6.07) is 26.0. The molecular weight excluding hydrogens is 798 g/mol. The number of hydrogen-bond acceptors (Lipinski definition) is 7. The third kappa shape index (κ3) is 6.83. The fourth-order valence-corrected chi connectivity index (χ4v) is 7.99. The molecule has 0 amide bonds. The predicted molar refractivity (Wildman–Crippen MR) is 192 cm³/mol. The highest BCUT2D eigenvalue weighted by Crippen LogP contribution is 2.36. The molecule has 238 valence electrons. The fraction of sp³-hybridized carbons (Fsp3) is 0.139. The van der Waals surface area contributed by atoms with Gasteiger partial charge in [-0.15, -0.1) is 0 Å². The van der Waals surface area contributed by atoms with E-state index < -0.39 is 12.0 Å². The minimum atomic E-state index is -0.826. The Morgan fingerprint density at radius 3 is 2.49 bits per heavy atom. The summed E-state index contributed by atoms with van der Waals surface area (Å²) < 4.78 is 35.0. The molecule has 0 spiro atoms. The number of thiazole rings is 1. The average molecular weight is 825 g/mol. The van der Waals surface area contributed by atoms with Crippen molar-refractivity contribution < 1.29 is 23.4 Å². The molecule has 0 N–H and O–H groups in total. The predicted octanol–water partition coefficient (Wildman–Crippen LogP) is 7.03. The van der Waals surface area contributed by atoms with E-state index in [1.54, 1.807) is 55.0 Å². The van der Waals surface area contributed by atoms with Gasteiger partial charge in [0.15, 0.2) is 4.80 Å². The molecule has 0 fully saturated rings. The number of methoxy groups -OCH3 is 1. The summed E-state index contributed by atoms with van der Waals surface area (Å²) in [5.74, 6) is 0.222. The van der Waals surface area contributed by atoms with E-state index in [1.807, 2.05) is 54.6 Å². The molecule has 0 radical (unpaired) electrons. The molecule has 2 heterocycles. The monoisotopic (exact) mass is 824 g/mol. The average Bonchev–Trinajstić information content (AvgIpc) is 3.38. The Hall–Kier alpha value is -4.07. The summed E-state index contributed by atoms with van der Waals surface area (Å²) in [5, 5.41) is 0. The second-order valence-corrected chi connectivity index (χ2v) is 13.5. The Bertz CT molecular complexity index is 2180. The summed E-state index contributed by atoms with van der Waals surface area (Å²) >= 11 is 6.93. The van der Waals surface area contributed by atoms with Crippen molar-refractivity contribution in [3.63, 3.8) is 0 Å². The smallest absolute Gasteiger partial charge is 0.338 e. The van der Waals surface area contributed by atoms with E-state index in [4.69, 9.17) is 19.2 Å². The van der Waals surface area contributed by atoms with Gasteiger partial charge in [-0.3, -0.25) is 9.36 Å². The van der Waals surface area contributed by atoms with Gasteiger partial charge in [-0.25, -0.2) is 14.2 Å². The fourth-order valence-electron chi connectivity index (χ4n) is 5.29. The van der Waals surface area contributed by atoms with Crippen molar-refractivity contribution in [2.45, 2.75) is 19.6 Å². The van der Waals surface area contributed by atoms with Gasteiger partial charge in [-0.05, 0) is 71.5 Å². The first-order valence-electron chi connectivity index (χ1n) is 14.6. The quantitative estimate of drug-likeness (QED) is 0.118. The van der Waals surface area contributed by atoms with Gasteiger partial charge in [0, 0.05) is 21.2 Å². The highest BCUT2D eigenvalue weighted by molar-refractivity contribution is 14.1. The minimum Gasteiger partial charge on any atom is -0.497 e. The topological polar surface area (TPSA) is 79.1 Å². The summed E-state index contributed by atoms with van der Waals surface area (Å²) in [4.78, 5) is 33.4. The van der Waals surface area contributed by atoms with Crippen molar-refractivity contribution in [3.05, 3.63) is 152 Å². The molecule has 0 aliphatic carbocycles. The highest BCUT2D eigenvalue weighted by Gasteiger charge is 2.35. The van der Waals surface area contributed by atoms with E-state index in [9.17, 15) is 14.0 Å². The number of halogens is 3. The van der Waals surface area contributed by atoms with Crippen molar-refractivity contribution >= 4 is 67.6 Å². The zero-order chi connectivity index (χ0) is 33.1. The summed E-state index contributed by atoms with van der Waals surface area (Å²) in [6.45, 7) is 1.90. The number of aromatic nitrogens is 1. The van der Waals surface area contributed by atoms with Crippen LogP contribution in [0, 0.1) is 9.39 Å². The van der Waals surface area contributed by atoms with Gasteiger partial charge < -0.3 is 14.2 Å². The van der Waals surface area contributed by atoms with Gasteiger partial charge in [0.25, 0.3) is 5.56 Å². The van der Waals surface area contributed by atoms with Gasteiger partial charge >= 0.3 is 5.97 Å². The van der Waals surface area contributed by atoms with Gasteiger partial charge in [-0.1, -0.05) is 87.9 Å². The standard InChI is InChI=1S/C36H27BrFIN2O5S/c1-3-45-35(43)30-31(21-9-5-4-6-10-21)40-36-41(32(30)22-13-15-26(44-2)16-14-22)34(42)29(47-36)18-24-17-25(37)19-28(39)33(24)46-20-23-11-7-8-12-27(23)38/h4-19,32H,3,20H2,1-2H3/b29-18-/t32-/m1/s1. The van der Waals surface area contributed by atoms with Crippen molar-refractivity contribution in [2.75, 3.05) is 13.7 Å². The molecule has 0 bridgehead atoms. The lowest BCUT2D eigenvalue weighted by Crippen LogP contribution is -2.40. The molecule has 4 aromatic carbocycles. The van der Waals surface area contributed by atoms with Crippen LogP contribution in [0.25, 0.3) is 11.8 Å². The van der Waals surface area contributed by atoms with Crippen LogP contribution in [0.3, 0.4) is 0 Å². The molecule has 5 aromatic rings. The molecule has 1 aliphatic rings. The zero-order valence-electron chi connectivity index (χ0n) is 25.2. The number of ether oxygens (including phenoxy) is 3. The first-order valence-corrected chi connectivity index (χ1v) is 17.3. The molecule has 1 aromatic heterocycles. The second-order valence-electron chi connectivity index (χ2n) is 10.4. The number of esters is 1. The second kappa shape index (κ2) is 14.4. The van der Waals surface area contributed by atoms with E-state index in [-0.39, 0.29) is 30.2 Å². The van der Waals surface area contributed by atoms with E-state index in [2.05, 4.69) is 38.5 Å². The molecule has 47 heavy (non-hydrogen) atoms. The Balaban J connectivity index is 1.56. The third-order valence-corrected chi connectivity index (χ3v) is 9.70. The lowest BCUT2D eigenvalue weighted by molar-refractivity contribution is -0.138. The number of carbonyl (C=O) groups excluding carboxylic acids is 1. The van der Waals surface area contributed by atoms with Crippen molar-refractivity contribution in [3.8, 4) is 11.5 Å². The van der Waals surface area contributed by atoms with Crippen molar-refractivity contribution in [1.82, 2.24) is 4.57 Å². The zero-order valence-corrected chi connectivity index (χ0v) is 29.8. The van der Waals surface area contributed by atoms with Crippen molar-refractivity contribution in [1.29, 1.82) is 0 Å². The maximum absolute atomic E-state index is 14.4.